The third-order valence-electron chi connectivity index (χ3n) is 1.46. The molecule has 0 aromatic carbocycles. The highest BCUT2D eigenvalue weighted by Gasteiger charge is 2.22. The lowest BCUT2D eigenvalue weighted by atomic mass is 10.5. The Labute approximate surface area is 73.0 Å². The highest BCUT2D eigenvalue weighted by atomic mass is 28.4. The lowest BCUT2D eigenvalue weighted by molar-refractivity contribution is 0.566. The van der Waals surface area contributed by atoms with E-state index in [4.69, 9.17) is 9.85 Å². The van der Waals surface area contributed by atoms with Crippen LogP contribution in [0.25, 0.3) is 0 Å². The molecular formula is C7H20NOSi2. The van der Waals surface area contributed by atoms with Gasteiger partial charge in [-0.15, -0.1) is 0 Å². The van der Waals surface area contributed by atoms with E-state index in [2.05, 4.69) is 26.2 Å². The summed E-state index contributed by atoms with van der Waals surface area (Å²) in [5.41, 5.74) is 5.44. The van der Waals surface area contributed by atoms with Gasteiger partial charge in [0.05, 0.1) is 0 Å². The van der Waals surface area contributed by atoms with E-state index in [0.717, 1.165) is 13.0 Å². The van der Waals surface area contributed by atoms with Crippen LogP contribution in [0, 0.1) is 0 Å². The van der Waals surface area contributed by atoms with Gasteiger partial charge in [-0.1, -0.05) is 0 Å². The first-order valence-electron chi connectivity index (χ1n) is 4.17. The predicted molar refractivity (Wildman–Crippen MR) is 54.5 cm³/mol. The first kappa shape index (κ1) is 11.4. The summed E-state index contributed by atoms with van der Waals surface area (Å²) in [5, 5.41) is 0. The third kappa shape index (κ3) is 6.74. The van der Waals surface area contributed by atoms with Gasteiger partial charge in [0.25, 0.3) is 0 Å². The summed E-state index contributed by atoms with van der Waals surface area (Å²) < 4.78 is 5.92. The maximum Gasteiger partial charge on any atom is 0.191 e. The van der Waals surface area contributed by atoms with Crippen LogP contribution in [-0.4, -0.2) is 23.9 Å². The van der Waals surface area contributed by atoms with Crippen molar-refractivity contribution in [2.24, 2.45) is 5.73 Å². The minimum atomic E-state index is -1.32. The van der Waals surface area contributed by atoms with Gasteiger partial charge in [-0.05, 0) is 45.2 Å². The Hall–Kier alpha value is 0.354. The first-order chi connectivity index (χ1) is 4.98. The number of nitrogens with two attached hydrogens (primary N) is 1. The van der Waals surface area contributed by atoms with E-state index in [1.807, 2.05) is 0 Å². The molecule has 0 spiro atoms. The zero-order chi connectivity index (χ0) is 8.91. The van der Waals surface area contributed by atoms with Crippen LogP contribution in [0.5, 0.6) is 0 Å². The second-order valence-electron chi connectivity index (χ2n) is 3.66. The molecule has 1 radical (unpaired) electrons. The maximum atomic E-state index is 5.92. The molecule has 2 nitrogen and oxygen atoms in total. The summed E-state index contributed by atoms with van der Waals surface area (Å²) in [6.45, 7) is 9.75. The van der Waals surface area contributed by atoms with E-state index < -0.39 is 17.4 Å². The van der Waals surface area contributed by atoms with Crippen LogP contribution in [0.3, 0.4) is 0 Å². The lowest BCUT2D eigenvalue weighted by Gasteiger charge is -2.24. The van der Waals surface area contributed by atoms with Crippen LogP contribution in [0.15, 0.2) is 0 Å². The van der Waals surface area contributed by atoms with E-state index in [9.17, 15) is 0 Å². The fourth-order valence-electron chi connectivity index (χ4n) is 1.13. The molecule has 11 heavy (non-hydrogen) atoms. The Morgan fingerprint density at radius 2 is 1.91 bits per heavy atom. The maximum absolute atomic E-state index is 5.92. The molecule has 0 aliphatic rings. The highest BCUT2D eigenvalue weighted by Crippen LogP contribution is 2.13. The Morgan fingerprint density at radius 3 is 2.27 bits per heavy atom. The zero-order valence-corrected chi connectivity index (χ0v) is 10.1. The minimum absolute atomic E-state index is 0.501. The molecule has 0 bridgehead atoms. The molecule has 0 unspecified atom stereocenters. The van der Waals surface area contributed by atoms with E-state index in [1.165, 1.54) is 6.04 Å². The van der Waals surface area contributed by atoms with Gasteiger partial charge in [0.2, 0.25) is 0 Å². The molecule has 0 aliphatic heterocycles. The molecule has 2 N–H and O–H groups in total. The smallest absolute Gasteiger partial charge is 0.191 e. The van der Waals surface area contributed by atoms with Crippen molar-refractivity contribution >= 4 is 17.4 Å². The first-order valence-corrected chi connectivity index (χ1v) is 9.69. The average Bonchev–Trinajstić information content (AvgIpc) is 1.81. The van der Waals surface area contributed by atoms with Crippen LogP contribution in [0.2, 0.25) is 32.2 Å². The second-order valence-corrected chi connectivity index (χ2v) is 10.3. The third-order valence-corrected chi connectivity index (χ3v) is 6.86. The molecule has 0 heterocycles. The molecule has 0 saturated heterocycles. The van der Waals surface area contributed by atoms with Crippen LogP contribution in [0.4, 0.5) is 0 Å². The van der Waals surface area contributed by atoms with Crippen molar-refractivity contribution in [3.63, 3.8) is 0 Å². The molecular weight excluding hydrogens is 170 g/mol. The number of rotatable bonds is 5. The van der Waals surface area contributed by atoms with Gasteiger partial charge < -0.3 is 9.85 Å². The van der Waals surface area contributed by atoms with Crippen molar-refractivity contribution in [1.82, 2.24) is 0 Å². The molecule has 0 aromatic rings. The van der Waals surface area contributed by atoms with Gasteiger partial charge >= 0.3 is 0 Å². The largest absolute Gasteiger partial charge is 0.456 e. The van der Waals surface area contributed by atoms with Gasteiger partial charge in [-0.3, -0.25) is 0 Å². The normalized spacial score (nSPS) is 12.5. The Kier molecular flexibility index (Phi) is 5.24. The van der Waals surface area contributed by atoms with Crippen molar-refractivity contribution in [3.05, 3.63) is 0 Å². The molecule has 0 aromatic heterocycles. The molecule has 0 rings (SSSR count). The SMILES string of the molecule is C[Si](C)O[Si](C)(C)CCCN. The number of hydrogen-bond donors (Lipinski definition) is 1. The van der Waals surface area contributed by atoms with Gasteiger partial charge in [0.1, 0.15) is 0 Å². The Morgan fingerprint density at radius 1 is 1.36 bits per heavy atom. The van der Waals surface area contributed by atoms with Crippen LogP contribution in [-0.2, 0) is 4.12 Å². The Balaban J connectivity index is 3.61. The summed E-state index contributed by atoms with van der Waals surface area (Å²) in [7, 11) is -1.82. The van der Waals surface area contributed by atoms with Crippen molar-refractivity contribution in [2.45, 2.75) is 38.7 Å². The molecule has 0 fully saturated rings. The lowest BCUT2D eigenvalue weighted by Crippen LogP contribution is -2.35. The molecule has 0 atom stereocenters. The summed E-state index contributed by atoms with van der Waals surface area (Å²) in [4.78, 5) is 0. The topological polar surface area (TPSA) is 35.2 Å². The molecule has 4 heteroatoms. The van der Waals surface area contributed by atoms with Crippen molar-refractivity contribution in [1.29, 1.82) is 0 Å². The van der Waals surface area contributed by atoms with E-state index in [1.54, 1.807) is 0 Å². The predicted octanol–water partition coefficient (Wildman–Crippen LogP) is 1.81. The zero-order valence-electron chi connectivity index (χ0n) is 8.11. The number of hydrogen-bond acceptors (Lipinski definition) is 2. The summed E-state index contributed by atoms with van der Waals surface area (Å²) in [6, 6.07) is 1.21. The molecule has 67 valence electrons. The van der Waals surface area contributed by atoms with Gasteiger partial charge in [-0.25, -0.2) is 0 Å². The molecule has 0 aliphatic carbocycles. The Bertz CT molecular complexity index is 107. The molecule has 0 saturated carbocycles. The quantitative estimate of drug-likeness (QED) is 0.671. The van der Waals surface area contributed by atoms with Crippen LogP contribution in [0.1, 0.15) is 6.42 Å². The standard InChI is InChI=1S/C7H20NOSi2/c1-10(2)9-11(3,4)7-5-6-8/h5-8H2,1-4H3. The summed E-state index contributed by atoms with van der Waals surface area (Å²) in [5.74, 6) is 0. The van der Waals surface area contributed by atoms with E-state index in [-0.39, 0.29) is 0 Å². The fourth-order valence-corrected chi connectivity index (χ4v) is 7.02. The molecule has 0 amide bonds. The fraction of sp³-hybridized carbons (Fsp3) is 1.00. The minimum Gasteiger partial charge on any atom is -0.456 e. The highest BCUT2D eigenvalue weighted by molar-refractivity contribution is 6.77. The van der Waals surface area contributed by atoms with E-state index >= 15 is 0 Å². The van der Waals surface area contributed by atoms with Gasteiger partial charge in [0.15, 0.2) is 17.4 Å². The van der Waals surface area contributed by atoms with Gasteiger partial charge in [0, 0.05) is 0 Å². The van der Waals surface area contributed by atoms with Gasteiger partial charge in [-0.2, -0.15) is 0 Å². The summed E-state index contributed by atoms with van der Waals surface area (Å²) in [6.07, 6.45) is 1.12. The monoisotopic (exact) mass is 190 g/mol. The van der Waals surface area contributed by atoms with Crippen LogP contribution < -0.4 is 5.73 Å². The second kappa shape index (κ2) is 5.08. The van der Waals surface area contributed by atoms with Crippen molar-refractivity contribution < 1.29 is 4.12 Å². The average molecular weight is 190 g/mol. The van der Waals surface area contributed by atoms with E-state index in [0.29, 0.717) is 0 Å². The van der Waals surface area contributed by atoms with Crippen molar-refractivity contribution in [3.8, 4) is 0 Å². The summed E-state index contributed by atoms with van der Waals surface area (Å²) >= 11 is 0. The van der Waals surface area contributed by atoms with Crippen molar-refractivity contribution in [2.75, 3.05) is 6.54 Å². The van der Waals surface area contributed by atoms with Crippen LogP contribution >= 0.6 is 0 Å².